The molecule has 0 aliphatic carbocycles. The maximum Gasteiger partial charge on any atom is 0.332 e. The largest absolute Gasteiger partial charge is 0.370 e. The van der Waals surface area contributed by atoms with Gasteiger partial charge in [0.2, 0.25) is 0 Å². The van der Waals surface area contributed by atoms with Crippen LogP contribution in [0.15, 0.2) is 39.2 Å². The van der Waals surface area contributed by atoms with Crippen LogP contribution in [0.5, 0.6) is 0 Å². The van der Waals surface area contributed by atoms with Crippen molar-refractivity contribution in [3.63, 3.8) is 0 Å². The van der Waals surface area contributed by atoms with Crippen LogP contribution in [0, 0.1) is 18.3 Å². The van der Waals surface area contributed by atoms with Crippen LogP contribution in [0.2, 0.25) is 0 Å². The van der Waals surface area contributed by atoms with Gasteiger partial charge >= 0.3 is 5.69 Å². The average molecular weight is 381 g/mol. The highest BCUT2D eigenvalue weighted by Gasteiger charge is 2.14. The van der Waals surface area contributed by atoms with E-state index in [4.69, 9.17) is 0 Å². The second-order valence-electron chi connectivity index (χ2n) is 6.17. The van der Waals surface area contributed by atoms with Crippen molar-refractivity contribution in [3.8, 4) is 17.3 Å². The van der Waals surface area contributed by atoms with E-state index in [2.05, 4.69) is 10.3 Å². The lowest BCUT2D eigenvalue weighted by molar-refractivity contribution is 0.685. The molecule has 7 nitrogen and oxygen atoms in total. The van der Waals surface area contributed by atoms with E-state index < -0.39 is 11.2 Å². The fourth-order valence-corrected chi connectivity index (χ4v) is 3.44. The zero-order valence-corrected chi connectivity index (χ0v) is 16.1. The number of thiazole rings is 1. The average Bonchev–Trinajstić information content (AvgIpc) is 3.11. The Bertz CT molecular complexity index is 1130. The minimum atomic E-state index is -0.592. The van der Waals surface area contributed by atoms with Gasteiger partial charge in [0.05, 0.1) is 10.7 Å². The Kier molecular flexibility index (Phi) is 5.23. The van der Waals surface area contributed by atoms with Crippen LogP contribution >= 0.6 is 11.3 Å². The molecule has 27 heavy (non-hydrogen) atoms. The topological polar surface area (TPSA) is 92.7 Å². The number of hydrogen-bond donors (Lipinski definition) is 1. The van der Waals surface area contributed by atoms with Crippen LogP contribution in [0.3, 0.4) is 0 Å². The Morgan fingerprint density at radius 1 is 1.19 bits per heavy atom. The highest BCUT2D eigenvalue weighted by molar-refractivity contribution is 7.09. The molecule has 0 atom stereocenters. The number of rotatable bonds is 5. The molecule has 0 radical (unpaired) electrons. The molecular formula is C19H19N5O2S. The first-order valence-corrected chi connectivity index (χ1v) is 9.25. The Hall–Kier alpha value is -3.18. The van der Waals surface area contributed by atoms with Gasteiger partial charge in [0.1, 0.15) is 11.9 Å². The van der Waals surface area contributed by atoms with Crippen molar-refractivity contribution < 1.29 is 0 Å². The number of benzene rings is 1. The minimum Gasteiger partial charge on any atom is -0.370 e. The molecule has 0 amide bonds. The molecule has 1 N–H and O–H groups in total. The first kappa shape index (κ1) is 18.6. The van der Waals surface area contributed by atoms with Gasteiger partial charge in [0, 0.05) is 31.6 Å². The lowest BCUT2D eigenvalue weighted by atomic mass is 10.1. The van der Waals surface area contributed by atoms with E-state index in [1.165, 1.54) is 18.7 Å². The van der Waals surface area contributed by atoms with Crippen molar-refractivity contribution >= 4 is 17.2 Å². The Labute approximate surface area is 160 Å². The number of anilines is 1. The van der Waals surface area contributed by atoms with Gasteiger partial charge < -0.3 is 5.32 Å². The van der Waals surface area contributed by atoms with Crippen molar-refractivity contribution in [3.05, 3.63) is 66.6 Å². The molecule has 1 aromatic carbocycles. The predicted molar refractivity (Wildman–Crippen MR) is 106 cm³/mol. The SMILES string of the molecule is Cc1nc(-c2ccc(CCNc3c(C#N)c(=O)n(C)c(=O)n3C)cc2)cs1. The smallest absolute Gasteiger partial charge is 0.332 e. The summed E-state index contributed by atoms with van der Waals surface area (Å²) in [4.78, 5) is 28.6. The molecule has 2 heterocycles. The fourth-order valence-electron chi connectivity index (χ4n) is 2.82. The highest BCUT2D eigenvalue weighted by Crippen LogP contribution is 2.22. The van der Waals surface area contributed by atoms with Gasteiger partial charge in [-0.3, -0.25) is 13.9 Å². The second-order valence-corrected chi connectivity index (χ2v) is 7.23. The fraction of sp³-hybridized carbons (Fsp3) is 0.263. The molecule has 138 valence electrons. The van der Waals surface area contributed by atoms with Gasteiger partial charge in [0.25, 0.3) is 5.56 Å². The molecule has 0 spiro atoms. The van der Waals surface area contributed by atoms with Gasteiger partial charge in [-0.25, -0.2) is 9.78 Å². The number of hydrogen-bond acceptors (Lipinski definition) is 6. The van der Waals surface area contributed by atoms with Crippen molar-refractivity contribution in [2.75, 3.05) is 11.9 Å². The van der Waals surface area contributed by atoms with Crippen LogP contribution in [-0.4, -0.2) is 20.7 Å². The van der Waals surface area contributed by atoms with Crippen molar-refractivity contribution in [1.82, 2.24) is 14.1 Å². The lowest BCUT2D eigenvalue weighted by Gasteiger charge is -2.13. The molecule has 0 fully saturated rings. The molecular weight excluding hydrogens is 362 g/mol. The normalized spacial score (nSPS) is 10.6. The van der Waals surface area contributed by atoms with Crippen LogP contribution < -0.4 is 16.6 Å². The van der Waals surface area contributed by atoms with E-state index in [-0.39, 0.29) is 11.4 Å². The summed E-state index contributed by atoms with van der Waals surface area (Å²) in [6, 6.07) is 10.00. The van der Waals surface area contributed by atoms with Gasteiger partial charge in [-0.15, -0.1) is 11.3 Å². The summed E-state index contributed by atoms with van der Waals surface area (Å²) in [6.45, 7) is 2.47. The van der Waals surface area contributed by atoms with E-state index in [1.807, 2.05) is 42.6 Å². The molecule has 0 aliphatic rings. The van der Waals surface area contributed by atoms with Gasteiger partial charge in [0.15, 0.2) is 5.56 Å². The number of nitriles is 1. The van der Waals surface area contributed by atoms with Crippen molar-refractivity contribution in [2.45, 2.75) is 13.3 Å². The van der Waals surface area contributed by atoms with E-state index in [0.717, 1.165) is 26.4 Å². The van der Waals surface area contributed by atoms with Gasteiger partial charge in [-0.2, -0.15) is 5.26 Å². The Morgan fingerprint density at radius 2 is 1.89 bits per heavy atom. The summed E-state index contributed by atoms with van der Waals surface area (Å²) in [7, 11) is 2.90. The van der Waals surface area contributed by atoms with Crippen LogP contribution in [0.4, 0.5) is 5.82 Å². The number of aromatic nitrogens is 3. The van der Waals surface area contributed by atoms with E-state index in [9.17, 15) is 14.9 Å². The van der Waals surface area contributed by atoms with Crippen molar-refractivity contribution in [2.24, 2.45) is 14.1 Å². The minimum absolute atomic E-state index is 0.0613. The zero-order chi connectivity index (χ0) is 19.6. The summed E-state index contributed by atoms with van der Waals surface area (Å²) in [5.41, 5.74) is 2.02. The predicted octanol–water partition coefficient (Wildman–Crippen LogP) is 2.04. The molecule has 0 saturated carbocycles. The summed E-state index contributed by atoms with van der Waals surface area (Å²) in [5, 5.41) is 15.4. The molecule has 3 aromatic rings. The molecule has 0 aliphatic heterocycles. The van der Waals surface area contributed by atoms with E-state index in [1.54, 1.807) is 11.3 Å². The van der Waals surface area contributed by atoms with Crippen LogP contribution in [0.1, 0.15) is 16.1 Å². The van der Waals surface area contributed by atoms with Gasteiger partial charge in [-0.05, 0) is 18.9 Å². The zero-order valence-electron chi connectivity index (χ0n) is 15.3. The molecule has 0 saturated heterocycles. The molecule has 0 bridgehead atoms. The first-order chi connectivity index (χ1) is 12.9. The Morgan fingerprint density at radius 3 is 2.48 bits per heavy atom. The van der Waals surface area contributed by atoms with E-state index >= 15 is 0 Å². The number of nitrogens with one attached hydrogen (secondary N) is 1. The number of aryl methyl sites for hydroxylation is 1. The molecule has 8 heteroatoms. The monoisotopic (exact) mass is 381 g/mol. The Balaban J connectivity index is 1.73. The summed E-state index contributed by atoms with van der Waals surface area (Å²) < 4.78 is 2.22. The number of nitrogens with zero attached hydrogens (tertiary/aromatic N) is 4. The maximum absolute atomic E-state index is 12.1. The standard InChI is InChI=1S/C19H19N5O2S/c1-12-22-16(11-27-12)14-6-4-13(5-7-14)8-9-21-17-15(10-20)18(25)24(3)19(26)23(17)2/h4-7,11,21H,8-9H2,1-3H3. The lowest BCUT2D eigenvalue weighted by Crippen LogP contribution is -2.40. The summed E-state index contributed by atoms with van der Waals surface area (Å²) in [5.74, 6) is 0.250. The molecule has 2 aromatic heterocycles. The first-order valence-electron chi connectivity index (χ1n) is 8.37. The van der Waals surface area contributed by atoms with Crippen LogP contribution in [0.25, 0.3) is 11.3 Å². The summed E-state index contributed by atoms with van der Waals surface area (Å²) >= 11 is 1.62. The highest BCUT2D eigenvalue weighted by atomic mass is 32.1. The third-order valence-electron chi connectivity index (χ3n) is 4.35. The van der Waals surface area contributed by atoms with Crippen LogP contribution in [-0.2, 0) is 20.5 Å². The quantitative estimate of drug-likeness (QED) is 0.730. The van der Waals surface area contributed by atoms with Crippen molar-refractivity contribution in [1.29, 1.82) is 5.26 Å². The molecule has 0 unspecified atom stereocenters. The third-order valence-corrected chi connectivity index (χ3v) is 5.12. The second kappa shape index (κ2) is 7.60. The maximum atomic E-state index is 12.1. The van der Waals surface area contributed by atoms with E-state index in [0.29, 0.717) is 13.0 Å². The molecule has 3 rings (SSSR count). The summed E-state index contributed by atoms with van der Waals surface area (Å²) in [6.07, 6.45) is 0.685. The van der Waals surface area contributed by atoms with Gasteiger partial charge in [-0.1, -0.05) is 24.3 Å². The third kappa shape index (κ3) is 3.68.